The van der Waals surface area contributed by atoms with Gasteiger partial charge >= 0.3 is 6.18 Å². The Morgan fingerprint density at radius 2 is 1.93 bits per heavy atom. The molecular weight excluding hydrogens is 401 g/mol. The van der Waals surface area contributed by atoms with E-state index >= 15 is 0 Å². The van der Waals surface area contributed by atoms with Crippen molar-refractivity contribution in [1.29, 1.82) is 0 Å². The molecule has 1 saturated carbocycles. The highest BCUT2D eigenvalue weighted by Crippen LogP contribution is 2.37. The van der Waals surface area contributed by atoms with Gasteiger partial charge in [-0.1, -0.05) is 23.4 Å². The molecule has 0 amide bonds. The number of benzene rings is 1. The van der Waals surface area contributed by atoms with Gasteiger partial charge in [-0.25, -0.2) is 9.97 Å². The van der Waals surface area contributed by atoms with E-state index in [-0.39, 0.29) is 22.5 Å². The van der Waals surface area contributed by atoms with E-state index < -0.39 is 18.2 Å². The summed E-state index contributed by atoms with van der Waals surface area (Å²) in [6.07, 6.45) is -1.70. The zero-order valence-corrected chi connectivity index (χ0v) is 15.5. The van der Waals surface area contributed by atoms with Crippen molar-refractivity contribution in [3.63, 3.8) is 0 Å². The average Bonchev–Trinajstić information content (AvgIpc) is 3.35. The van der Waals surface area contributed by atoms with E-state index in [0.29, 0.717) is 16.4 Å². The summed E-state index contributed by atoms with van der Waals surface area (Å²) < 4.78 is 40.8. The Morgan fingerprint density at radius 3 is 2.56 bits per heavy atom. The number of aromatic nitrogens is 4. The Labute approximate surface area is 161 Å². The maximum Gasteiger partial charge on any atom is 0.389 e. The monoisotopic (exact) mass is 414 g/mol. The lowest BCUT2D eigenvalue weighted by Gasteiger charge is -2.13. The van der Waals surface area contributed by atoms with Crippen LogP contribution in [0.2, 0.25) is 5.02 Å². The molecule has 0 atom stereocenters. The lowest BCUT2D eigenvalue weighted by atomic mass is 10.3. The summed E-state index contributed by atoms with van der Waals surface area (Å²) in [5, 5.41) is 0.701. The van der Waals surface area contributed by atoms with Crippen molar-refractivity contribution in [1.82, 2.24) is 19.1 Å². The summed E-state index contributed by atoms with van der Waals surface area (Å²) in [5.41, 5.74) is 0.699. The van der Waals surface area contributed by atoms with Crippen LogP contribution in [0.15, 0.2) is 40.5 Å². The lowest BCUT2D eigenvalue weighted by Crippen LogP contribution is -2.22. The summed E-state index contributed by atoms with van der Waals surface area (Å²) in [6.45, 7) is 0. The molecule has 0 bridgehead atoms. The quantitative estimate of drug-likeness (QED) is 0.451. The topological polar surface area (TPSA) is 52.7 Å². The highest BCUT2D eigenvalue weighted by molar-refractivity contribution is 7.99. The molecule has 27 heavy (non-hydrogen) atoms. The van der Waals surface area contributed by atoms with Gasteiger partial charge in [-0.15, -0.1) is 0 Å². The summed E-state index contributed by atoms with van der Waals surface area (Å²) in [5.74, 6) is -0.230. The van der Waals surface area contributed by atoms with Gasteiger partial charge in [0.2, 0.25) is 0 Å². The maximum atomic E-state index is 13.0. The van der Waals surface area contributed by atoms with Crippen molar-refractivity contribution in [3.8, 4) is 5.69 Å². The van der Waals surface area contributed by atoms with E-state index in [1.54, 1.807) is 30.6 Å². The molecule has 10 heteroatoms. The number of halogens is 4. The summed E-state index contributed by atoms with van der Waals surface area (Å²) in [7, 11) is 0. The standard InChI is InChI=1S/C17H14ClF3N4OS/c18-10-1-3-12(4-2-10)25-15(26)13-14(24(9-22-13)11-5-6-11)23-16(25)27-8-7-17(19,20)21/h1-4,9,11H,5-8H2. The van der Waals surface area contributed by atoms with E-state index in [1.807, 2.05) is 4.57 Å². The Kier molecular flexibility index (Phi) is 4.67. The molecule has 0 unspecified atom stereocenters. The second-order valence-corrected chi connectivity index (χ2v) is 7.78. The SMILES string of the molecule is O=c1c2ncn(C3CC3)c2nc(SCCC(F)(F)F)n1-c1ccc(Cl)cc1. The Morgan fingerprint density at radius 1 is 1.22 bits per heavy atom. The van der Waals surface area contributed by atoms with Gasteiger partial charge in [0, 0.05) is 16.8 Å². The largest absolute Gasteiger partial charge is 0.389 e. The smallest absolute Gasteiger partial charge is 0.312 e. The second-order valence-electron chi connectivity index (χ2n) is 6.28. The van der Waals surface area contributed by atoms with Gasteiger partial charge in [-0.3, -0.25) is 9.36 Å². The number of rotatable bonds is 5. The number of nitrogens with zero attached hydrogens (tertiary/aromatic N) is 4. The maximum absolute atomic E-state index is 13.0. The molecule has 1 aliphatic rings. The predicted molar refractivity (Wildman–Crippen MR) is 97.8 cm³/mol. The Balaban J connectivity index is 1.82. The van der Waals surface area contributed by atoms with E-state index in [4.69, 9.17) is 11.6 Å². The third-order valence-electron chi connectivity index (χ3n) is 4.21. The van der Waals surface area contributed by atoms with Crippen molar-refractivity contribution in [2.45, 2.75) is 36.6 Å². The van der Waals surface area contributed by atoms with Crippen LogP contribution in [-0.4, -0.2) is 31.0 Å². The van der Waals surface area contributed by atoms with E-state index in [9.17, 15) is 18.0 Å². The van der Waals surface area contributed by atoms with Crippen LogP contribution in [0.5, 0.6) is 0 Å². The molecular formula is C17H14ClF3N4OS. The van der Waals surface area contributed by atoms with Crippen LogP contribution < -0.4 is 5.56 Å². The molecule has 2 aromatic heterocycles. The first-order valence-corrected chi connectivity index (χ1v) is 9.65. The molecule has 0 spiro atoms. The van der Waals surface area contributed by atoms with Gasteiger partial charge in [0.1, 0.15) is 0 Å². The molecule has 0 saturated heterocycles. The molecule has 4 rings (SSSR count). The fourth-order valence-electron chi connectivity index (χ4n) is 2.74. The molecule has 5 nitrogen and oxygen atoms in total. The van der Waals surface area contributed by atoms with Crippen molar-refractivity contribution in [2.75, 3.05) is 5.75 Å². The summed E-state index contributed by atoms with van der Waals surface area (Å²) >= 11 is 6.81. The first kappa shape index (κ1) is 18.4. The fourth-order valence-corrected chi connectivity index (χ4v) is 3.85. The lowest BCUT2D eigenvalue weighted by molar-refractivity contribution is -0.129. The van der Waals surface area contributed by atoms with Crippen molar-refractivity contribution in [3.05, 3.63) is 46.0 Å². The number of fused-ring (bicyclic) bond motifs is 1. The second kappa shape index (κ2) is 6.87. The molecule has 142 valence electrons. The van der Waals surface area contributed by atoms with Crippen LogP contribution in [0.25, 0.3) is 16.9 Å². The fraction of sp³-hybridized carbons (Fsp3) is 0.353. The molecule has 0 aliphatic heterocycles. The van der Waals surface area contributed by atoms with Gasteiger partial charge < -0.3 is 4.57 Å². The first-order chi connectivity index (χ1) is 12.8. The van der Waals surface area contributed by atoms with E-state index in [1.165, 1.54) is 4.57 Å². The number of hydrogen-bond donors (Lipinski definition) is 0. The zero-order valence-electron chi connectivity index (χ0n) is 13.9. The van der Waals surface area contributed by atoms with Gasteiger partial charge in [-0.2, -0.15) is 13.2 Å². The van der Waals surface area contributed by atoms with Crippen LogP contribution in [-0.2, 0) is 0 Å². The number of alkyl halides is 3. The van der Waals surface area contributed by atoms with E-state index in [2.05, 4.69) is 9.97 Å². The number of thioether (sulfide) groups is 1. The predicted octanol–water partition coefficient (Wildman–Crippen LogP) is 4.62. The minimum atomic E-state index is -4.27. The third kappa shape index (κ3) is 3.84. The van der Waals surface area contributed by atoms with Crippen molar-refractivity contribution < 1.29 is 13.2 Å². The van der Waals surface area contributed by atoms with Crippen LogP contribution in [0.1, 0.15) is 25.3 Å². The van der Waals surface area contributed by atoms with Gasteiger partial charge in [0.05, 0.1) is 18.4 Å². The molecule has 1 aliphatic carbocycles. The van der Waals surface area contributed by atoms with Gasteiger partial charge in [0.15, 0.2) is 16.3 Å². The average molecular weight is 415 g/mol. The molecule has 1 fully saturated rings. The van der Waals surface area contributed by atoms with Crippen molar-refractivity contribution in [2.24, 2.45) is 0 Å². The van der Waals surface area contributed by atoms with Crippen molar-refractivity contribution >= 4 is 34.5 Å². The Hall–Kier alpha value is -2.00. The first-order valence-electron chi connectivity index (χ1n) is 8.28. The molecule has 1 aromatic carbocycles. The Bertz CT molecular complexity index is 1040. The number of imidazole rings is 1. The zero-order chi connectivity index (χ0) is 19.2. The molecule has 2 heterocycles. The number of hydrogen-bond acceptors (Lipinski definition) is 4. The molecule has 0 N–H and O–H groups in total. The van der Waals surface area contributed by atoms with Crippen LogP contribution in [0.3, 0.4) is 0 Å². The summed E-state index contributed by atoms with van der Waals surface area (Å²) in [4.78, 5) is 21.7. The normalized spacial score (nSPS) is 14.8. The van der Waals surface area contributed by atoms with Crippen LogP contribution in [0.4, 0.5) is 13.2 Å². The van der Waals surface area contributed by atoms with Crippen LogP contribution in [0, 0.1) is 0 Å². The third-order valence-corrected chi connectivity index (χ3v) is 5.40. The minimum absolute atomic E-state index is 0.206. The van der Waals surface area contributed by atoms with Crippen LogP contribution >= 0.6 is 23.4 Å². The highest BCUT2D eigenvalue weighted by Gasteiger charge is 2.29. The van der Waals surface area contributed by atoms with Gasteiger partial charge in [0.25, 0.3) is 5.56 Å². The molecule has 0 radical (unpaired) electrons. The summed E-state index contributed by atoms with van der Waals surface area (Å²) in [6, 6.07) is 6.73. The highest BCUT2D eigenvalue weighted by atomic mass is 35.5. The molecule has 3 aromatic rings. The minimum Gasteiger partial charge on any atom is -0.312 e. The van der Waals surface area contributed by atoms with Gasteiger partial charge in [-0.05, 0) is 37.1 Å². The van der Waals surface area contributed by atoms with E-state index in [0.717, 1.165) is 24.6 Å².